The summed E-state index contributed by atoms with van der Waals surface area (Å²) in [5.41, 5.74) is 1.67. The number of benzene rings is 1. The highest BCUT2D eigenvalue weighted by molar-refractivity contribution is 9.10. The van der Waals surface area contributed by atoms with Crippen LogP contribution in [0.4, 0.5) is 0 Å². The van der Waals surface area contributed by atoms with E-state index in [-0.39, 0.29) is 0 Å². The quantitative estimate of drug-likeness (QED) is 0.832. The van der Waals surface area contributed by atoms with Crippen LogP contribution in [0.1, 0.15) is 51.0 Å². The first-order chi connectivity index (χ1) is 10.3. The van der Waals surface area contributed by atoms with Crippen molar-refractivity contribution in [2.24, 2.45) is 5.41 Å². The van der Waals surface area contributed by atoms with Crippen molar-refractivity contribution >= 4 is 15.9 Å². The van der Waals surface area contributed by atoms with E-state index in [0.29, 0.717) is 17.6 Å². The number of rotatable bonds is 5. The van der Waals surface area contributed by atoms with Gasteiger partial charge in [0.1, 0.15) is 0 Å². The number of nitrogens with one attached hydrogen (secondary N) is 1. The predicted molar refractivity (Wildman–Crippen MR) is 90.3 cm³/mol. The van der Waals surface area contributed by atoms with Gasteiger partial charge in [-0.2, -0.15) is 0 Å². The van der Waals surface area contributed by atoms with Crippen LogP contribution in [0, 0.1) is 5.41 Å². The van der Waals surface area contributed by atoms with Crippen LogP contribution in [0.5, 0.6) is 0 Å². The third-order valence-corrected chi connectivity index (χ3v) is 6.19. The van der Waals surface area contributed by atoms with Gasteiger partial charge in [-0.1, -0.05) is 60.3 Å². The summed E-state index contributed by atoms with van der Waals surface area (Å²) in [7, 11) is 0. The smallest absolute Gasteiger partial charge is 0.0731 e. The average Bonchev–Trinajstić information content (AvgIpc) is 2.52. The standard InChI is InChI=1S/C18H26BrNO/c1-2-20-16-12-17(18(16)10-6-3-7-11-18)21-13-14-8-4-5-9-15(14)19/h4-5,8-9,16-17,20H,2-3,6-7,10-13H2,1H3. The second-order valence-electron chi connectivity index (χ2n) is 6.53. The van der Waals surface area contributed by atoms with E-state index in [0.717, 1.165) is 17.6 Å². The lowest BCUT2D eigenvalue weighted by molar-refractivity contribution is -0.158. The zero-order valence-electron chi connectivity index (χ0n) is 12.9. The number of halogens is 1. The zero-order chi connectivity index (χ0) is 14.7. The molecular weight excluding hydrogens is 326 g/mol. The Morgan fingerprint density at radius 3 is 2.71 bits per heavy atom. The van der Waals surface area contributed by atoms with Crippen molar-refractivity contribution in [1.29, 1.82) is 0 Å². The van der Waals surface area contributed by atoms with Gasteiger partial charge in [0.2, 0.25) is 0 Å². The Morgan fingerprint density at radius 2 is 2.00 bits per heavy atom. The molecule has 21 heavy (non-hydrogen) atoms. The molecule has 2 nitrogen and oxygen atoms in total. The first-order valence-corrected chi connectivity index (χ1v) is 9.14. The molecule has 3 rings (SSSR count). The van der Waals surface area contributed by atoms with Gasteiger partial charge in [0.15, 0.2) is 0 Å². The molecule has 2 saturated carbocycles. The maximum Gasteiger partial charge on any atom is 0.0731 e. The van der Waals surface area contributed by atoms with Gasteiger partial charge in [-0.25, -0.2) is 0 Å². The lowest BCUT2D eigenvalue weighted by Crippen LogP contribution is -2.64. The van der Waals surface area contributed by atoms with Crippen LogP contribution < -0.4 is 5.32 Å². The Kier molecular flexibility index (Phi) is 5.03. The SMILES string of the molecule is CCNC1CC(OCc2ccccc2Br)C12CCCCC2. The summed E-state index contributed by atoms with van der Waals surface area (Å²) in [6.45, 7) is 4.02. The summed E-state index contributed by atoms with van der Waals surface area (Å²) in [5, 5.41) is 3.69. The van der Waals surface area contributed by atoms with E-state index in [1.165, 1.54) is 44.1 Å². The minimum absolute atomic E-state index is 0.412. The summed E-state index contributed by atoms with van der Waals surface area (Å²) < 4.78 is 7.50. The summed E-state index contributed by atoms with van der Waals surface area (Å²) in [6.07, 6.45) is 8.44. The molecule has 0 amide bonds. The second kappa shape index (κ2) is 6.80. The van der Waals surface area contributed by atoms with Crippen LogP contribution in [-0.4, -0.2) is 18.7 Å². The molecule has 2 aliphatic carbocycles. The monoisotopic (exact) mass is 351 g/mol. The second-order valence-corrected chi connectivity index (χ2v) is 7.39. The highest BCUT2D eigenvalue weighted by atomic mass is 79.9. The summed E-state index contributed by atoms with van der Waals surface area (Å²) >= 11 is 3.62. The van der Waals surface area contributed by atoms with Gasteiger partial charge in [0.25, 0.3) is 0 Å². The molecule has 2 atom stereocenters. The molecule has 2 fully saturated rings. The Bertz CT molecular complexity index is 470. The van der Waals surface area contributed by atoms with E-state index >= 15 is 0 Å². The van der Waals surface area contributed by atoms with Gasteiger partial charge >= 0.3 is 0 Å². The maximum absolute atomic E-state index is 6.34. The molecule has 1 spiro atoms. The molecule has 2 unspecified atom stereocenters. The lowest BCUT2D eigenvalue weighted by atomic mass is 9.55. The normalized spacial score (nSPS) is 27.5. The minimum Gasteiger partial charge on any atom is -0.373 e. The van der Waals surface area contributed by atoms with E-state index in [4.69, 9.17) is 4.74 Å². The van der Waals surface area contributed by atoms with Crippen molar-refractivity contribution in [1.82, 2.24) is 5.32 Å². The molecular formula is C18H26BrNO. The lowest BCUT2D eigenvalue weighted by Gasteiger charge is -2.58. The molecule has 1 aromatic rings. The van der Waals surface area contributed by atoms with Crippen molar-refractivity contribution in [2.45, 2.75) is 64.2 Å². The van der Waals surface area contributed by atoms with Gasteiger partial charge in [0.05, 0.1) is 12.7 Å². The van der Waals surface area contributed by atoms with E-state index in [9.17, 15) is 0 Å². The van der Waals surface area contributed by atoms with Crippen LogP contribution in [0.25, 0.3) is 0 Å². The third kappa shape index (κ3) is 3.06. The molecule has 3 heteroatoms. The van der Waals surface area contributed by atoms with Gasteiger partial charge in [-0.05, 0) is 37.4 Å². The molecule has 0 radical (unpaired) electrons. The summed E-state index contributed by atoms with van der Waals surface area (Å²) in [5.74, 6) is 0. The fourth-order valence-electron chi connectivity index (χ4n) is 4.20. The molecule has 0 aromatic heterocycles. The van der Waals surface area contributed by atoms with Crippen LogP contribution in [0.2, 0.25) is 0 Å². The molecule has 0 bridgehead atoms. The summed E-state index contributed by atoms with van der Waals surface area (Å²) in [6, 6.07) is 9.06. The van der Waals surface area contributed by atoms with E-state index < -0.39 is 0 Å². The third-order valence-electron chi connectivity index (χ3n) is 5.42. The average molecular weight is 352 g/mol. The molecule has 0 heterocycles. The molecule has 0 aliphatic heterocycles. The van der Waals surface area contributed by atoms with Gasteiger partial charge in [-0.3, -0.25) is 0 Å². The molecule has 2 aliphatic rings. The molecule has 116 valence electrons. The Balaban J connectivity index is 1.64. The van der Waals surface area contributed by atoms with Crippen molar-refractivity contribution in [2.75, 3.05) is 6.54 Å². The summed E-state index contributed by atoms with van der Waals surface area (Å²) in [4.78, 5) is 0. The highest BCUT2D eigenvalue weighted by Gasteiger charge is 2.55. The topological polar surface area (TPSA) is 21.3 Å². The van der Waals surface area contributed by atoms with Crippen molar-refractivity contribution in [3.63, 3.8) is 0 Å². The Labute approximate surface area is 136 Å². The number of ether oxygens (including phenoxy) is 1. The molecule has 1 N–H and O–H groups in total. The van der Waals surface area contributed by atoms with Gasteiger partial charge in [-0.15, -0.1) is 0 Å². The van der Waals surface area contributed by atoms with Crippen LogP contribution in [0.15, 0.2) is 28.7 Å². The highest BCUT2D eigenvalue weighted by Crippen LogP contribution is 2.53. The molecule has 0 saturated heterocycles. The van der Waals surface area contributed by atoms with Crippen molar-refractivity contribution in [3.05, 3.63) is 34.3 Å². The Hall–Kier alpha value is -0.380. The largest absolute Gasteiger partial charge is 0.373 e. The van der Waals surface area contributed by atoms with Crippen molar-refractivity contribution in [3.8, 4) is 0 Å². The zero-order valence-corrected chi connectivity index (χ0v) is 14.5. The first kappa shape index (κ1) is 15.5. The fraction of sp³-hybridized carbons (Fsp3) is 0.667. The van der Waals surface area contributed by atoms with Crippen LogP contribution in [0.3, 0.4) is 0 Å². The first-order valence-electron chi connectivity index (χ1n) is 8.34. The predicted octanol–water partition coefficient (Wildman–Crippen LogP) is 4.67. The van der Waals surface area contributed by atoms with Crippen molar-refractivity contribution < 1.29 is 4.74 Å². The van der Waals surface area contributed by atoms with Gasteiger partial charge in [0, 0.05) is 15.9 Å². The number of hydrogen-bond acceptors (Lipinski definition) is 2. The fourth-order valence-corrected chi connectivity index (χ4v) is 4.60. The van der Waals surface area contributed by atoms with Crippen LogP contribution in [-0.2, 0) is 11.3 Å². The maximum atomic E-state index is 6.34. The Morgan fingerprint density at radius 1 is 1.24 bits per heavy atom. The van der Waals surface area contributed by atoms with Gasteiger partial charge < -0.3 is 10.1 Å². The minimum atomic E-state index is 0.412. The molecule has 1 aromatic carbocycles. The number of hydrogen-bond donors (Lipinski definition) is 1. The van der Waals surface area contributed by atoms with E-state index in [1.54, 1.807) is 0 Å². The van der Waals surface area contributed by atoms with Crippen LogP contribution >= 0.6 is 15.9 Å². The van der Waals surface area contributed by atoms with E-state index in [1.807, 2.05) is 0 Å². The van der Waals surface area contributed by atoms with E-state index in [2.05, 4.69) is 52.4 Å².